The third-order valence-electron chi connectivity index (χ3n) is 2.13. The van der Waals surface area contributed by atoms with Gasteiger partial charge in [-0.15, -0.1) is 0 Å². The van der Waals surface area contributed by atoms with Gasteiger partial charge in [-0.3, -0.25) is 10.1 Å². The molecule has 0 saturated heterocycles. The molecule has 7 nitrogen and oxygen atoms in total. The molecule has 0 amide bonds. The van der Waals surface area contributed by atoms with Crippen LogP contribution in [0.1, 0.15) is 0 Å². The average Bonchev–Trinajstić information content (AvgIpc) is 2.27. The second-order valence-corrected chi connectivity index (χ2v) is 3.02. The number of nitro benzene ring substituents is 1. The monoisotopic (exact) mass is 219 g/mol. The highest BCUT2D eigenvalue weighted by molar-refractivity contribution is 5.95. The van der Waals surface area contributed by atoms with Gasteiger partial charge in [0, 0.05) is 6.07 Å². The third kappa shape index (κ3) is 1.44. The molecule has 2 aromatic rings. The van der Waals surface area contributed by atoms with Crippen LogP contribution < -0.4 is 0 Å². The maximum Gasteiger partial charge on any atom is 0.371 e. The smallest absolute Gasteiger partial charge is 0.358 e. The molecule has 80 valence electrons. The molecule has 0 aliphatic rings. The van der Waals surface area contributed by atoms with Crippen LogP contribution in [-0.4, -0.2) is 14.8 Å². The molecular formula is C9H5N3O4. The van der Waals surface area contributed by atoms with Gasteiger partial charge in [0.05, 0.1) is 15.7 Å². The van der Waals surface area contributed by atoms with Gasteiger partial charge in [0.2, 0.25) is 0 Å². The fourth-order valence-electron chi connectivity index (χ4n) is 1.48. The molecule has 0 bridgehead atoms. The minimum atomic E-state index is -0.661. The Morgan fingerprint density at radius 1 is 1.00 bits per heavy atom. The quantitative estimate of drug-likeness (QED) is 0.568. The summed E-state index contributed by atoms with van der Waals surface area (Å²) in [5.74, 6) is -0.374. The Hall–Kier alpha value is -2.57. The Balaban J connectivity index is 2.86. The van der Waals surface area contributed by atoms with Crippen LogP contribution in [0.25, 0.3) is 10.8 Å². The van der Waals surface area contributed by atoms with E-state index in [4.69, 9.17) is 0 Å². The van der Waals surface area contributed by atoms with Gasteiger partial charge in [0.25, 0.3) is 5.69 Å². The number of rotatable bonds is 2. The van der Waals surface area contributed by atoms with Crippen LogP contribution >= 0.6 is 0 Å². The van der Waals surface area contributed by atoms with Crippen molar-refractivity contribution in [3.05, 3.63) is 50.7 Å². The molecule has 0 saturated carbocycles. The predicted octanol–water partition coefficient (Wildman–Crippen LogP) is 2.05. The summed E-state index contributed by atoms with van der Waals surface area (Å²) in [6, 6.07) is 5.52. The van der Waals surface area contributed by atoms with E-state index < -0.39 is 9.85 Å². The van der Waals surface area contributed by atoms with Gasteiger partial charge in [-0.25, -0.2) is 0 Å². The number of aromatic nitrogens is 1. The number of fused-ring (bicyclic) bond motifs is 1. The van der Waals surface area contributed by atoms with Crippen molar-refractivity contribution in [3.8, 4) is 0 Å². The lowest BCUT2D eigenvalue weighted by Gasteiger charge is -1.99. The Morgan fingerprint density at radius 2 is 1.75 bits per heavy atom. The number of nitro groups is 2. The summed E-state index contributed by atoms with van der Waals surface area (Å²) >= 11 is 0. The van der Waals surface area contributed by atoms with E-state index in [2.05, 4.69) is 4.98 Å². The highest BCUT2D eigenvalue weighted by Gasteiger charge is 2.18. The first-order valence-electron chi connectivity index (χ1n) is 4.28. The lowest BCUT2D eigenvalue weighted by Crippen LogP contribution is -1.95. The number of hydrogen-bond acceptors (Lipinski definition) is 5. The van der Waals surface area contributed by atoms with E-state index in [1.54, 1.807) is 0 Å². The molecule has 1 aromatic heterocycles. The van der Waals surface area contributed by atoms with Crippen LogP contribution in [0.2, 0.25) is 0 Å². The summed E-state index contributed by atoms with van der Waals surface area (Å²) in [5, 5.41) is 21.8. The predicted molar refractivity (Wildman–Crippen MR) is 55.1 cm³/mol. The second kappa shape index (κ2) is 3.54. The van der Waals surface area contributed by atoms with E-state index in [1.165, 1.54) is 30.5 Å². The Bertz CT molecular complexity index is 543. The van der Waals surface area contributed by atoms with Crippen molar-refractivity contribution in [1.29, 1.82) is 0 Å². The lowest BCUT2D eigenvalue weighted by atomic mass is 10.1. The molecule has 0 N–H and O–H groups in total. The molecular weight excluding hydrogens is 214 g/mol. The van der Waals surface area contributed by atoms with Crippen molar-refractivity contribution < 1.29 is 9.85 Å². The number of benzene rings is 1. The minimum absolute atomic E-state index is 0.164. The largest absolute Gasteiger partial charge is 0.371 e. The topological polar surface area (TPSA) is 99.2 Å². The molecule has 0 radical (unpaired) electrons. The molecule has 2 rings (SSSR count). The zero-order valence-corrected chi connectivity index (χ0v) is 7.86. The van der Waals surface area contributed by atoms with Crippen molar-refractivity contribution in [2.24, 2.45) is 0 Å². The van der Waals surface area contributed by atoms with E-state index >= 15 is 0 Å². The Morgan fingerprint density at radius 3 is 2.38 bits per heavy atom. The maximum absolute atomic E-state index is 10.7. The van der Waals surface area contributed by atoms with Gasteiger partial charge in [-0.1, -0.05) is 6.07 Å². The SMILES string of the molecule is O=[N+]([O-])c1cccc2c([N+](=O)[O-])nccc12. The molecule has 16 heavy (non-hydrogen) atoms. The molecule has 0 atom stereocenters. The molecule has 0 spiro atoms. The third-order valence-corrected chi connectivity index (χ3v) is 2.13. The molecule has 7 heteroatoms. The highest BCUT2D eigenvalue weighted by Crippen LogP contribution is 2.29. The summed E-state index contributed by atoms with van der Waals surface area (Å²) < 4.78 is 0. The van der Waals surface area contributed by atoms with Crippen molar-refractivity contribution in [1.82, 2.24) is 4.98 Å². The summed E-state index contributed by atoms with van der Waals surface area (Å²) in [6.07, 6.45) is 1.19. The van der Waals surface area contributed by atoms with Crippen molar-refractivity contribution in [2.45, 2.75) is 0 Å². The number of hydrogen-bond donors (Lipinski definition) is 0. The van der Waals surface area contributed by atoms with Gasteiger partial charge < -0.3 is 10.1 Å². The van der Waals surface area contributed by atoms with Crippen LogP contribution in [0.5, 0.6) is 0 Å². The van der Waals surface area contributed by atoms with Gasteiger partial charge in [-0.05, 0) is 22.0 Å². The molecule has 1 aromatic carbocycles. The fraction of sp³-hybridized carbons (Fsp3) is 0. The number of non-ortho nitro benzene ring substituents is 1. The normalized spacial score (nSPS) is 10.2. The summed E-state index contributed by atoms with van der Waals surface area (Å²) in [5.41, 5.74) is -0.164. The molecule has 0 aliphatic carbocycles. The van der Waals surface area contributed by atoms with Crippen LogP contribution in [0, 0.1) is 20.2 Å². The van der Waals surface area contributed by atoms with Crippen LogP contribution in [-0.2, 0) is 0 Å². The van der Waals surface area contributed by atoms with Crippen LogP contribution in [0.4, 0.5) is 11.5 Å². The Labute approximate surface area is 88.6 Å². The van der Waals surface area contributed by atoms with Crippen molar-refractivity contribution in [3.63, 3.8) is 0 Å². The number of pyridine rings is 1. The van der Waals surface area contributed by atoms with E-state index in [9.17, 15) is 20.2 Å². The number of nitrogens with zero attached hydrogens (tertiary/aromatic N) is 3. The van der Waals surface area contributed by atoms with E-state index in [-0.39, 0.29) is 22.3 Å². The van der Waals surface area contributed by atoms with Gasteiger partial charge in [0.1, 0.15) is 6.20 Å². The lowest BCUT2D eigenvalue weighted by molar-refractivity contribution is -0.388. The summed E-state index contributed by atoms with van der Waals surface area (Å²) in [7, 11) is 0. The van der Waals surface area contributed by atoms with Crippen LogP contribution in [0.15, 0.2) is 30.5 Å². The van der Waals surface area contributed by atoms with Gasteiger partial charge >= 0.3 is 5.82 Å². The minimum Gasteiger partial charge on any atom is -0.358 e. The Kier molecular flexibility index (Phi) is 2.20. The van der Waals surface area contributed by atoms with Crippen molar-refractivity contribution in [2.75, 3.05) is 0 Å². The molecule has 0 fully saturated rings. The van der Waals surface area contributed by atoms with E-state index in [1.807, 2.05) is 0 Å². The summed E-state index contributed by atoms with van der Waals surface area (Å²) in [6.45, 7) is 0. The zero-order valence-electron chi connectivity index (χ0n) is 7.86. The molecule has 0 unspecified atom stereocenters. The first-order chi connectivity index (χ1) is 7.61. The highest BCUT2D eigenvalue weighted by atomic mass is 16.6. The average molecular weight is 219 g/mol. The van der Waals surface area contributed by atoms with Gasteiger partial charge in [-0.2, -0.15) is 0 Å². The maximum atomic E-state index is 10.7. The standard InChI is InChI=1S/C9H5N3O4/c13-11(14)8-3-1-2-7-6(8)4-5-10-9(7)12(15)16/h1-5H. The van der Waals surface area contributed by atoms with Crippen LogP contribution in [0.3, 0.4) is 0 Å². The fourth-order valence-corrected chi connectivity index (χ4v) is 1.48. The zero-order chi connectivity index (χ0) is 11.7. The van der Waals surface area contributed by atoms with Crippen molar-refractivity contribution >= 4 is 22.3 Å². The first-order valence-corrected chi connectivity index (χ1v) is 4.28. The van der Waals surface area contributed by atoms with E-state index in [0.29, 0.717) is 0 Å². The summed E-state index contributed by atoms with van der Waals surface area (Å²) in [4.78, 5) is 23.7. The molecule has 0 aliphatic heterocycles. The molecule has 1 heterocycles. The van der Waals surface area contributed by atoms with Gasteiger partial charge in [0.15, 0.2) is 0 Å². The second-order valence-electron chi connectivity index (χ2n) is 3.02. The first kappa shape index (κ1) is 9.97. The van der Waals surface area contributed by atoms with E-state index in [0.717, 1.165) is 0 Å².